The van der Waals surface area contributed by atoms with E-state index in [9.17, 15) is 0 Å². The van der Waals surface area contributed by atoms with E-state index in [1.165, 1.54) is 77.0 Å². The van der Waals surface area contributed by atoms with E-state index in [0.717, 1.165) is 24.1 Å². The lowest BCUT2D eigenvalue weighted by Gasteiger charge is -2.31. The molecule has 0 aromatic rings. The average Bonchev–Trinajstić information content (AvgIpc) is 2.64. The first-order valence-electron chi connectivity index (χ1n) is 11.5. The van der Waals surface area contributed by atoms with Crippen LogP contribution >= 0.6 is 0 Å². The van der Waals surface area contributed by atoms with E-state index >= 15 is 0 Å². The molecule has 0 aliphatic carbocycles. The highest BCUT2D eigenvalue weighted by molar-refractivity contribution is 4.88. The zero-order valence-electron chi connectivity index (χ0n) is 18.5. The van der Waals surface area contributed by atoms with E-state index < -0.39 is 0 Å². The maximum atomic E-state index is 2.42. The SMILES string of the molecule is CCCCC/C=C/C[N+](C)(C/C=C/CCCCC)C/C=C/CCCCC. The van der Waals surface area contributed by atoms with Gasteiger partial charge < -0.3 is 4.48 Å². The van der Waals surface area contributed by atoms with E-state index in [-0.39, 0.29) is 0 Å². The number of quaternary nitrogens is 1. The van der Waals surface area contributed by atoms with E-state index in [4.69, 9.17) is 0 Å². The summed E-state index contributed by atoms with van der Waals surface area (Å²) < 4.78 is 1.10. The van der Waals surface area contributed by atoms with Crippen molar-refractivity contribution < 1.29 is 4.48 Å². The minimum Gasteiger partial charge on any atom is -0.316 e. The van der Waals surface area contributed by atoms with Gasteiger partial charge in [0.2, 0.25) is 0 Å². The maximum Gasteiger partial charge on any atom is 0.0976 e. The van der Waals surface area contributed by atoms with Crippen LogP contribution in [-0.4, -0.2) is 31.2 Å². The van der Waals surface area contributed by atoms with Crippen molar-refractivity contribution in [1.82, 2.24) is 0 Å². The van der Waals surface area contributed by atoms with Crippen molar-refractivity contribution in [2.24, 2.45) is 0 Å². The Hall–Kier alpha value is -0.820. The van der Waals surface area contributed by atoms with Crippen LogP contribution in [0.2, 0.25) is 0 Å². The number of rotatable bonds is 18. The molecule has 1 nitrogen and oxygen atoms in total. The minimum absolute atomic E-state index is 1.10. The van der Waals surface area contributed by atoms with Crippen LogP contribution in [0.15, 0.2) is 36.5 Å². The maximum absolute atomic E-state index is 2.42. The molecule has 1 heteroatoms. The second-order valence-electron chi connectivity index (χ2n) is 8.07. The van der Waals surface area contributed by atoms with Crippen LogP contribution < -0.4 is 0 Å². The van der Waals surface area contributed by atoms with Gasteiger partial charge in [0.05, 0.1) is 26.7 Å². The van der Waals surface area contributed by atoms with E-state index in [0.29, 0.717) is 0 Å². The molecule has 0 radical (unpaired) electrons. The van der Waals surface area contributed by atoms with Crippen LogP contribution in [0, 0.1) is 0 Å². The number of unbranched alkanes of at least 4 members (excludes halogenated alkanes) is 9. The Bertz CT molecular complexity index is 309. The molecule has 0 saturated carbocycles. The molecule has 0 heterocycles. The summed E-state index contributed by atoms with van der Waals surface area (Å²) in [5, 5.41) is 0. The molecule has 0 saturated heterocycles. The Balaban J connectivity index is 4.39. The summed E-state index contributed by atoms with van der Waals surface area (Å²) in [5.41, 5.74) is 0. The number of allylic oxidation sites excluding steroid dienone is 3. The number of likely N-dealkylation sites (N-methyl/N-ethyl adjacent to an activating group) is 1. The van der Waals surface area contributed by atoms with Crippen molar-refractivity contribution in [3.8, 4) is 0 Å². The van der Waals surface area contributed by atoms with Crippen LogP contribution in [0.4, 0.5) is 0 Å². The van der Waals surface area contributed by atoms with Crippen LogP contribution in [0.3, 0.4) is 0 Å². The average molecular weight is 363 g/mol. The third kappa shape index (κ3) is 16.6. The first kappa shape index (κ1) is 25.2. The summed E-state index contributed by atoms with van der Waals surface area (Å²) in [6.45, 7) is 10.3. The van der Waals surface area contributed by atoms with Crippen molar-refractivity contribution in [2.45, 2.75) is 97.8 Å². The first-order chi connectivity index (χ1) is 12.7. The lowest BCUT2D eigenvalue weighted by Crippen LogP contribution is -2.44. The molecule has 26 heavy (non-hydrogen) atoms. The van der Waals surface area contributed by atoms with E-state index in [1.54, 1.807) is 0 Å². The van der Waals surface area contributed by atoms with Gasteiger partial charge in [0.1, 0.15) is 0 Å². The van der Waals surface area contributed by atoms with Crippen LogP contribution in [0.5, 0.6) is 0 Å². The van der Waals surface area contributed by atoms with Gasteiger partial charge in [-0.2, -0.15) is 0 Å². The lowest BCUT2D eigenvalue weighted by molar-refractivity contribution is -0.892. The van der Waals surface area contributed by atoms with Crippen molar-refractivity contribution in [3.63, 3.8) is 0 Å². The van der Waals surface area contributed by atoms with Gasteiger partial charge in [-0.3, -0.25) is 0 Å². The third-order valence-corrected chi connectivity index (χ3v) is 5.06. The highest BCUT2D eigenvalue weighted by Gasteiger charge is 2.15. The van der Waals surface area contributed by atoms with Crippen LogP contribution in [0.25, 0.3) is 0 Å². The highest BCUT2D eigenvalue weighted by Crippen LogP contribution is 2.08. The van der Waals surface area contributed by atoms with Gasteiger partial charge in [0, 0.05) is 0 Å². The number of hydrogen-bond donors (Lipinski definition) is 0. The smallest absolute Gasteiger partial charge is 0.0976 e. The summed E-state index contributed by atoms with van der Waals surface area (Å²) in [5.74, 6) is 0. The Kier molecular flexibility index (Phi) is 18.4. The second-order valence-corrected chi connectivity index (χ2v) is 8.07. The summed E-state index contributed by atoms with van der Waals surface area (Å²) in [7, 11) is 2.41. The molecule has 0 aromatic carbocycles. The first-order valence-corrected chi connectivity index (χ1v) is 11.5. The molecule has 0 fully saturated rings. The summed E-state index contributed by atoms with van der Waals surface area (Å²) in [4.78, 5) is 0. The van der Waals surface area contributed by atoms with Crippen LogP contribution in [-0.2, 0) is 0 Å². The topological polar surface area (TPSA) is 0 Å². The van der Waals surface area contributed by atoms with Crippen molar-refractivity contribution in [2.75, 3.05) is 26.7 Å². The molecular formula is C25H48N+. The molecule has 0 aliphatic heterocycles. The fraction of sp³-hybridized carbons (Fsp3) is 0.760. The Morgan fingerprint density at radius 3 is 1.04 bits per heavy atom. The normalized spacial score (nSPS) is 12.9. The second kappa shape index (κ2) is 19.0. The quantitative estimate of drug-likeness (QED) is 0.132. The molecule has 0 unspecified atom stereocenters. The zero-order valence-corrected chi connectivity index (χ0v) is 18.5. The van der Waals surface area contributed by atoms with Crippen molar-refractivity contribution >= 4 is 0 Å². The van der Waals surface area contributed by atoms with Crippen molar-refractivity contribution in [1.29, 1.82) is 0 Å². The molecule has 0 aliphatic rings. The molecule has 0 N–H and O–H groups in total. The monoisotopic (exact) mass is 362 g/mol. The molecule has 152 valence electrons. The van der Waals surface area contributed by atoms with Gasteiger partial charge in [-0.25, -0.2) is 0 Å². The van der Waals surface area contributed by atoms with Crippen molar-refractivity contribution in [3.05, 3.63) is 36.5 Å². The van der Waals surface area contributed by atoms with Gasteiger partial charge in [-0.1, -0.05) is 77.5 Å². The van der Waals surface area contributed by atoms with Gasteiger partial charge in [0.15, 0.2) is 0 Å². The largest absolute Gasteiger partial charge is 0.316 e. The van der Waals surface area contributed by atoms with Crippen LogP contribution in [0.1, 0.15) is 97.8 Å². The predicted octanol–water partition coefficient (Wildman–Crippen LogP) is 7.84. The fourth-order valence-corrected chi connectivity index (χ4v) is 3.10. The predicted molar refractivity (Wildman–Crippen MR) is 121 cm³/mol. The van der Waals surface area contributed by atoms with Gasteiger partial charge in [-0.05, 0) is 56.8 Å². The van der Waals surface area contributed by atoms with E-state index in [2.05, 4.69) is 64.3 Å². The Morgan fingerprint density at radius 2 is 0.769 bits per heavy atom. The van der Waals surface area contributed by atoms with Gasteiger partial charge in [0.25, 0.3) is 0 Å². The lowest BCUT2D eigenvalue weighted by atomic mass is 10.2. The van der Waals surface area contributed by atoms with Gasteiger partial charge in [-0.15, -0.1) is 0 Å². The molecule has 0 aromatic heterocycles. The number of hydrogen-bond acceptors (Lipinski definition) is 0. The molecule has 0 atom stereocenters. The fourth-order valence-electron chi connectivity index (χ4n) is 3.10. The van der Waals surface area contributed by atoms with Gasteiger partial charge >= 0.3 is 0 Å². The Morgan fingerprint density at radius 1 is 0.462 bits per heavy atom. The summed E-state index contributed by atoms with van der Waals surface area (Å²) in [6.07, 6.45) is 30.2. The van der Waals surface area contributed by atoms with E-state index in [1.807, 2.05) is 0 Å². The highest BCUT2D eigenvalue weighted by atomic mass is 15.3. The molecule has 0 amide bonds. The third-order valence-electron chi connectivity index (χ3n) is 5.06. The summed E-state index contributed by atoms with van der Waals surface area (Å²) >= 11 is 0. The molecule has 0 bridgehead atoms. The molecule has 0 spiro atoms. The molecule has 0 rings (SSSR count). The summed E-state index contributed by atoms with van der Waals surface area (Å²) in [6, 6.07) is 0. The standard InChI is InChI=1S/C25H48N/c1-5-8-11-14-17-20-23-26(4,24-21-18-15-12-9-6-2)25-22-19-16-13-10-7-3/h17-22H,5-16,23-25H2,1-4H3/q+1/b20-17+,21-18+,22-19+. The zero-order chi connectivity index (χ0) is 19.3. The molecular weight excluding hydrogens is 314 g/mol. The minimum atomic E-state index is 1.10. The number of nitrogens with zero attached hydrogens (tertiary/aromatic N) is 1. The Labute approximate surface area is 165 Å².